The third-order valence-corrected chi connectivity index (χ3v) is 18.8. The van der Waals surface area contributed by atoms with Crippen molar-refractivity contribution in [2.75, 3.05) is 66.1 Å². The molecule has 8 fully saturated rings. The van der Waals surface area contributed by atoms with Crippen LogP contribution in [0.5, 0.6) is 0 Å². The second kappa shape index (κ2) is 39.0. The summed E-state index contributed by atoms with van der Waals surface area (Å²) in [5, 5.41) is 260. The maximum Gasteiger partial charge on any atom is 0.217 e. The standard InChI is InChI=1S/C58H98N4O43/c1-15(71)60-27-34(78)46(101-55-41(85)37(81)30(74)19(5-64)93-55)21(7-66)95-51(27)91-12-25-31(75)38(82)42(86)56(99-25)102-47-22(8-67)96-52(28(35(47)79)61-16(2)72)92-13-26-32(76)39(83)43(87)57(100-26)103-48-23(9-68)97-53(29(36(48)80)62-17(3)73)105-50-33(77)20(6-65)94-58(45(50)89)104-49-24(10-69)98-54(44(88)40(49)84)90-11-18(4-63)59-14-70/h14,18-58,63-69,74-89H,4-13H2,1-3H3,(H,59,70)(H,60,71)(H,61,72)(H,62,73)/t18-,19-,20-,21-,22-,23-,24-,25-,26-,27-,28-,29-,30+,31+,32+,33+,34-,35-,36-,37+,38+,39+,40-,41-,42-,43-,44-,45-,46-,47-,48-,49-,50+,51-,52-,53+,54-,55+,56+,57+,58+/m1/s1. The van der Waals surface area contributed by atoms with Gasteiger partial charge in [0.2, 0.25) is 24.1 Å². The molecule has 0 aliphatic carbocycles. The van der Waals surface area contributed by atoms with Gasteiger partial charge < -0.3 is 215 Å². The van der Waals surface area contributed by atoms with Gasteiger partial charge in [0.15, 0.2) is 50.3 Å². The zero-order valence-corrected chi connectivity index (χ0v) is 56.3. The van der Waals surface area contributed by atoms with E-state index >= 15 is 0 Å². The van der Waals surface area contributed by atoms with Crippen molar-refractivity contribution >= 4 is 24.1 Å². The first-order chi connectivity index (χ1) is 49.8. The van der Waals surface area contributed by atoms with E-state index in [4.69, 9.17) is 75.8 Å². The minimum atomic E-state index is -2.24. The van der Waals surface area contributed by atoms with Gasteiger partial charge in [0.05, 0.1) is 72.1 Å². The first-order valence-corrected chi connectivity index (χ1v) is 33.3. The van der Waals surface area contributed by atoms with E-state index in [0.717, 1.165) is 20.8 Å². The second-order valence-electron chi connectivity index (χ2n) is 26.1. The van der Waals surface area contributed by atoms with Gasteiger partial charge in [-0.1, -0.05) is 0 Å². The molecule has 47 heteroatoms. The van der Waals surface area contributed by atoms with Gasteiger partial charge in [-0.05, 0) is 0 Å². The number of aliphatic hydroxyl groups is 23. The Morgan fingerprint density at radius 3 is 0.952 bits per heavy atom. The number of rotatable bonds is 31. The number of aliphatic hydroxyl groups excluding tert-OH is 23. The maximum absolute atomic E-state index is 12.8. The number of hydrogen-bond acceptors (Lipinski definition) is 43. The first-order valence-electron chi connectivity index (χ1n) is 33.3. The summed E-state index contributed by atoms with van der Waals surface area (Å²) in [4.78, 5) is 48.9. The lowest BCUT2D eigenvalue weighted by molar-refractivity contribution is -0.382. The fourth-order valence-corrected chi connectivity index (χ4v) is 13.1. The van der Waals surface area contributed by atoms with Crippen LogP contribution in [0.15, 0.2) is 0 Å². The first kappa shape index (κ1) is 86.9. The van der Waals surface area contributed by atoms with E-state index in [1.807, 2.05) is 0 Å². The van der Waals surface area contributed by atoms with Crippen molar-refractivity contribution < 1.29 is 212 Å². The van der Waals surface area contributed by atoms with E-state index in [0.29, 0.717) is 0 Å². The Hall–Kier alpha value is -3.68. The molecule has 27 N–H and O–H groups in total. The summed E-state index contributed by atoms with van der Waals surface area (Å²) in [5.74, 6) is -2.58. The van der Waals surface area contributed by atoms with Gasteiger partial charge in [-0.3, -0.25) is 19.2 Å². The molecule has 41 atom stereocenters. The lowest BCUT2D eigenvalue weighted by atomic mass is 9.94. The van der Waals surface area contributed by atoms with Crippen LogP contribution >= 0.6 is 0 Å². The van der Waals surface area contributed by atoms with Gasteiger partial charge in [-0.2, -0.15) is 0 Å². The lowest BCUT2D eigenvalue weighted by Crippen LogP contribution is -2.70. The van der Waals surface area contributed by atoms with Crippen LogP contribution in [-0.2, 0) is 95.0 Å². The molecule has 0 radical (unpaired) electrons. The Kier molecular flexibility index (Phi) is 32.3. The third-order valence-electron chi connectivity index (χ3n) is 18.8. The predicted molar refractivity (Wildman–Crippen MR) is 323 cm³/mol. The van der Waals surface area contributed by atoms with Crippen LogP contribution in [0.2, 0.25) is 0 Å². The van der Waals surface area contributed by atoms with Crippen LogP contribution in [0.25, 0.3) is 0 Å². The average Bonchev–Trinajstić information content (AvgIpc) is 0.786. The van der Waals surface area contributed by atoms with Crippen LogP contribution in [0.4, 0.5) is 0 Å². The summed E-state index contributed by atoms with van der Waals surface area (Å²) in [6.45, 7) is -5.92. The Labute approximate surface area is 594 Å². The molecule has 0 spiro atoms. The molecule has 47 nitrogen and oxygen atoms in total. The number of hydrogen-bond donors (Lipinski definition) is 27. The number of amides is 4. The van der Waals surface area contributed by atoms with Crippen LogP contribution in [0.3, 0.4) is 0 Å². The highest BCUT2D eigenvalue weighted by Gasteiger charge is 2.59. The fraction of sp³-hybridized carbons (Fsp3) is 0.931. The highest BCUT2D eigenvalue weighted by molar-refractivity contribution is 5.74. The van der Waals surface area contributed by atoms with E-state index in [2.05, 4.69) is 21.3 Å². The Bertz CT molecular complexity index is 2700. The number of carbonyl (C=O) groups excluding carboxylic acids is 4. The van der Waals surface area contributed by atoms with Gasteiger partial charge in [-0.15, -0.1) is 0 Å². The minimum absolute atomic E-state index is 0.263. The van der Waals surface area contributed by atoms with Crippen molar-refractivity contribution in [3.63, 3.8) is 0 Å². The van der Waals surface area contributed by atoms with Crippen LogP contribution < -0.4 is 21.3 Å². The van der Waals surface area contributed by atoms with Gasteiger partial charge >= 0.3 is 0 Å². The smallest absolute Gasteiger partial charge is 0.217 e. The highest BCUT2D eigenvalue weighted by Crippen LogP contribution is 2.38. The number of carbonyl (C=O) groups is 4. The van der Waals surface area contributed by atoms with Crippen molar-refractivity contribution in [1.82, 2.24) is 21.3 Å². The Morgan fingerprint density at radius 1 is 0.314 bits per heavy atom. The van der Waals surface area contributed by atoms with Crippen LogP contribution in [0.1, 0.15) is 20.8 Å². The molecule has 0 saturated carbocycles. The molecule has 8 saturated heterocycles. The monoisotopic (exact) mass is 1540 g/mol. The summed E-state index contributed by atoms with van der Waals surface area (Å²) in [5.41, 5.74) is 0. The molecule has 8 aliphatic heterocycles. The lowest BCUT2D eigenvalue weighted by Gasteiger charge is -2.50. The molecule has 8 aliphatic rings. The predicted octanol–water partition coefficient (Wildman–Crippen LogP) is -18.9. The molecule has 105 heavy (non-hydrogen) atoms. The van der Waals surface area contributed by atoms with Crippen molar-refractivity contribution in [2.24, 2.45) is 0 Å². The molecule has 8 heterocycles. The minimum Gasteiger partial charge on any atom is -0.394 e. The van der Waals surface area contributed by atoms with E-state index in [9.17, 15) is 137 Å². The summed E-state index contributed by atoms with van der Waals surface area (Å²) in [7, 11) is 0. The normalized spacial score (nSPS) is 47.3. The summed E-state index contributed by atoms with van der Waals surface area (Å²) in [6.07, 6.45) is -71.4. The molecule has 0 aromatic rings. The molecule has 0 aromatic carbocycles. The van der Waals surface area contributed by atoms with Crippen molar-refractivity contribution in [2.45, 2.75) is 272 Å². The topological polar surface area (TPSA) is 729 Å². The molecule has 4 amide bonds. The van der Waals surface area contributed by atoms with E-state index in [-0.39, 0.29) is 6.41 Å². The fourth-order valence-electron chi connectivity index (χ4n) is 13.1. The average molecular weight is 1540 g/mol. The highest BCUT2D eigenvalue weighted by atomic mass is 16.8. The van der Waals surface area contributed by atoms with Crippen LogP contribution in [0, 0.1) is 0 Å². The molecule has 0 bridgehead atoms. The third kappa shape index (κ3) is 20.0. The Morgan fingerprint density at radius 2 is 0.600 bits per heavy atom. The van der Waals surface area contributed by atoms with Crippen LogP contribution in [-0.4, -0.2) is 459 Å². The van der Waals surface area contributed by atoms with E-state index in [1.54, 1.807) is 0 Å². The Balaban J connectivity index is 0.914. The molecule has 0 unspecified atom stereocenters. The van der Waals surface area contributed by atoms with Gasteiger partial charge in [0.1, 0.15) is 195 Å². The SMILES string of the molecule is CC(=O)N[C@H]1[C@H](OC[C@H]2O[C@@H](O[C@H]3[C@H](O)[C@@H](NC(C)=O)[C@H](OC[C@H]4O[C@@H](O[C@H]5[C@H](O)[C@@H](NC(C)=O)[C@H](O[C@H]6[C@@H](O)[C@@H](CO)O[C@@H](O[C@H]7[C@H](O)[C@@H](O)[C@H](OC[C@@H](CO)NC=O)O[C@@H]7CO)[C@@H]6O)O[C@@H]5CO)[C@H](O)[C@@H](O)[C@H]4O)O[C@@H]3CO)[C@H](O)[C@@H](O)[C@H]2O)O[C@H](CO)[C@@H](O[C@@H]2O[C@H](CO)[C@H](O)[C@H](O)[C@H]2O)[C@@H]1O. The molecule has 608 valence electrons. The molecular weight excluding hydrogens is 1440 g/mol. The van der Waals surface area contributed by atoms with E-state index < -0.39 is 335 Å². The molecular formula is C58H98N4O43. The quantitative estimate of drug-likeness (QED) is 0.0287. The summed E-state index contributed by atoms with van der Waals surface area (Å²) in [6, 6.07) is -6.26. The zero-order chi connectivity index (χ0) is 77.3. The molecule has 8 rings (SSSR count). The number of ether oxygens (including phenoxy) is 16. The number of nitrogens with one attached hydrogen (secondary N) is 4. The van der Waals surface area contributed by atoms with Gasteiger partial charge in [0.25, 0.3) is 0 Å². The summed E-state index contributed by atoms with van der Waals surface area (Å²) < 4.78 is 92.3. The van der Waals surface area contributed by atoms with Crippen molar-refractivity contribution in [3.8, 4) is 0 Å². The van der Waals surface area contributed by atoms with Gasteiger partial charge in [0, 0.05) is 20.8 Å². The summed E-state index contributed by atoms with van der Waals surface area (Å²) >= 11 is 0. The van der Waals surface area contributed by atoms with Crippen molar-refractivity contribution in [3.05, 3.63) is 0 Å². The van der Waals surface area contributed by atoms with Crippen molar-refractivity contribution in [1.29, 1.82) is 0 Å². The largest absolute Gasteiger partial charge is 0.394 e. The van der Waals surface area contributed by atoms with E-state index in [1.165, 1.54) is 0 Å². The zero-order valence-electron chi connectivity index (χ0n) is 56.3. The molecule has 0 aromatic heterocycles. The van der Waals surface area contributed by atoms with Gasteiger partial charge in [-0.25, -0.2) is 0 Å². The maximum atomic E-state index is 12.8. The second-order valence-corrected chi connectivity index (χ2v) is 26.1.